The van der Waals surface area contributed by atoms with Crippen LogP contribution < -0.4 is 21.1 Å². The lowest BCUT2D eigenvalue weighted by Gasteiger charge is -2.15. The zero-order chi connectivity index (χ0) is 20.3. The smallest absolute Gasteiger partial charge is 0.260 e. The van der Waals surface area contributed by atoms with E-state index in [4.69, 9.17) is 22.1 Å². The fourth-order valence-electron chi connectivity index (χ4n) is 2.52. The van der Waals surface area contributed by atoms with Crippen LogP contribution in [-0.4, -0.2) is 23.9 Å². The van der Waals surface area contributed by atoms with Gasteiger partial charge in [-0.3, -0.25) is 9.59 Å². The molecular formula is C19H17BrClN3O3S. The summed E-state index contributed by atoms with van der Waals surface area (Å²) in [6.45, 7) is 1.75. The number of amides is 2. The summed E-state index contributed by atoms with van der Waals surface area (Å²) in [6.07, 6.45) is 1.79. The van der Waals surface area contributed by atoms with Crippen LogP contribution in [0.3, 0.4) is 0 Å². The Bertz CT molecular complexity index is 967. The molecule has 0 aromatic heterocycles. The first-order valence-electron chi connectivity index (χ1n) is 8.24. The van der Waals surface area contributed by atoms with Crippen molar-refractivity contribution in [2.24, 2.45) is 5.73 Å². The summed E-state index contributed by atoms with van der Waals surface area (Å²) in [5, 5.41) is 6.85. The summed E-state index contributed by atoms with van der Waals surface area (Å²) in [5.74, 6) is -0.201. The zero-order valence-corrected chi connectivity index (χ0v) is 18.0. The minimum Gasteiger partial charge on any atom is -0.483 e. The molecule has 1 heterocycles. The molecule has 0 bridgehead atoms. The SMILES string of the molecule is Cc1cc(Cl)ccc1NC1NC(=O)/C(=C/c2ccc(OCC(N)=O)c(Br)c2)S1. The van der Waals surface area contributed by atoms with Crippen molar-refractivity contribution in [3.8, 4) is 5.75 Å². The van der Waals surface area contributed by atoms with Crippen molar-refractivity contribution in [3.63, 3.8) is 0 Å². The highest BCUT2D eigenvalue weighted by atomic mass is 79.9. The topological polar surface area (TPSA) is 93.4 Å². The van der Waals surface area contributed by atoms with Gasteiger partial charge in [-0.1, -0.05) is 29.4 Å². The van der Waals surface area contributed by atoms with E-state index in [2.05, 4.69) is 26.6 Å². The maximum Gasteiger partial charge on any atom is 0.260 e. The summed E-state index contributed by atoms with van der Waals surface area (Å²) >= 11 is 10.8. The van der Waals surface area contributed by atoms with Gasteiger partial charge in [-0.25, -0.2) is 0 Å². The molecule has 1 fully saturated rings. The normalized spacial score (nSPS) is 17.5. The Morgan fingerprint density at radius 1 is 1.39 bits per heavy atom. The van der Waals surface area contributed by atoms with Crippen molar-refractivity contribution >= 4 is 62.9 Å². The number of primary amides is 1. The number of aryl methyl sites for hydroxylation is 1. The summed E-state index contributed by atoms with van der Waals surface area (Å²) in [7, 11) is 0. The molecule has 0 spiro atoms. The lowest BCUT2D eigenvalue weighted by Crippen LogP contribution is -2.31. The number of anilines is 1. The molecule has 1 aliphatic heterocycles. The third-order valence-electron chi connectivity index (χ3n) is 3.83. The monoisotopic (exact) mass is 481 g/mol. The number of rotatable bonds is 6. The number of carbonyl (C=O) groups is 2. The first kappa shape index (κ1) is 20.6. The van der Waals surface area contributed by atoms with E-state index in [0.29, 0.717) is 20.2 Å². The third-order valence-corrected chi connectivity index (χ3v) is 5.71. The number of hydrogen-bond acceptors (Lipinski definition) is 5. The van der Waals surface area contributed by atoms with Crippen LogP contribution in [0.1, 0.15) is 11.1 Å². The minimum atomic E-state index is -0.549. The van der Waals surface area contributed by atoms with Gasteiger partial charge in [0.15, 0.2) is 12.1 Å². The average Bonchev–Trinajstić information content (AvgIpc) is 2.96. The molecule has 1 aliphatic rings. The standard InChI is InChI=1S/C19H17BrClN3O3S/c1-10-6-12(21)3-4-14(10)23-19-24-18(26)16(28-19)8-11-2-5-15(13(20)7-11)27-9-17(22)25/h2-8,19,23H,9H2,1H3,(H2,22,25)(H,24,26)/b16-8-. The highest BCUT2D eigenvalue weighted by Gasteiger charge is 2.27. The van der Waals surface area contributed by atoms with E-state index in [1.807, 2.05) is 19.1 Å². The van der Waals surface area contributed by atoms with E-state index in [1.165, 1.54) is 11.8 Å². The summed E-state index contributed by atoms with van der Waals surface area (Å²) in [4.78, 5) is 23.7. The second kappa shape index (κ2) is 8.89. The van der Waals surface area contributed by atoms with E-state index in [9.17, 15) is 9.59 Å². The van der Waals surface area contributed by atoms with Crippen LogP contribution in [-0.2, 0) is 9.59 Å². The highest BCUT2D eigenvalue weighted by molar-refractivity contribution is 9.10. The maximum absolute atomic E-state index is 12.3. The Hall–Kier alpha value is -2.16. The third kappa shape index (κ3) is 5.21. The molecule has 4 N–H and O–H groups in total. The summed E-state index contributed by atoms with van der Waals surface area (Å²) < 4.78 is 5.97. The maximum atomic E-state index is 12.3. The second-order valence-electron chi connectivity index (χ2n) is 6.03. The molecule has 2 amide bonds. The largest absolute Gasteiger partial charge is 0.483 e. The molecule has 2 aromatic carbocycles. The van der Waals surface area contributed by atoms with Crippen molar-refractivity contribution in [1.29, 1.82) is 0 Å². The minimum absolute atomic E-state index is 0.153. The van der Waals surface area contributed by atoms with Gasteiger partial charge in [-0.2, -0.15) is 0 Å². The lowest BCUT2D eigenvalue weighted by molar-refractivity contribution is -0.120. The Labute approximate surface area is 180 Å². The van der Waals surface area contributed by atoms with Gasteiger partial charge in [0.1, 0.15) is 5.75 Å². The van der Waals surface area contributed by atoms with Crippen LogP contribution in [0.15, 0.2) is 45.8 Å². The number of halogens is 2. The number of nitrogens with one attached hydrogen (secondary N) is 2. The predicted molar refractivity (Wildman–Crippen MR) is 116 cm³/mol. The molecule has 6 nitrogen and oxygen atoms in total. The molecule has 28 heavy (non-hydrogen) atoms. The van der Waals surface area contributed by atoms with Crippen LogP contribution in [0.5, 0.6) is 5.75 Å². The number of benzene rings is 2. The van der Waals surface area contributed by atoms with Gasteiger partial charge in [0.05, 0.1) is 9.38 Å². The summed E-state index contributed by atoms with van der Waals surface area (Å²) in [5.41, 5.74) is 7.52. The molecular weight excluding hydrogens is 466 g/mol. The van der Waals surface area contributed by atoms with Crippen molar-refractivity contribution in [2.75, 3.05) is 11.9 Å². The fourth-order valence-corrected chi connectivity index (χ4v) is 4.23. The first-order valence-corrected chi connectivity index (χ1v) is 10.3. The predicted octanol–water partition coefficient (Wildman–Crippen LogP) is 3.87. The van der Waals surface area contributed by atoms with Crippen molar-refractivity contribution in [2.45, 2.75) is 12.4 Å². The van der Waals surface area contributed by atoms with Crippen LogP contribution in [0.4, 0.5) is 5.69 Å². The number of ether oxygens (including phenoxy) is 1. The van der Waals surface area contributed by atoms with Crippen LogP contribution in [0, 0.1) is 6.92 Å². The summed E-state index contributed by atoms with van der Waals surface area (Å²) in [6, 6.07) is 10.9. The molecule has 0 radical (unpaired) electrons. The zero-order valence-electron chi connectivity index (χ0n) is 14.8. The van der Waals surface area contributed by atoms with Crippen molar-refractivity contribution in [3.05, 3.63) is 61.9 Å². The molecule has 0 saturated carbocycles. The number of hydrogen-bond donors (Lipinski definition) is 3. The van der Waals surface area contributed by atoms with Gasteiger partial charge in [-0.05, 0) is 70.4 Å². The van der Waals surface area contributed by atoms with E-state index >= 15 is 0 Å². The molecule has 1 saturated heterocycles. The highest BCUT2D eigenvalue weighted by Crippen LogP contribution is 2.33. The van der Waals surface area contributed by atoms with Crippen molar-refractivity contribution < 1.29 is 14.3 Å². The molecule has 2 aromatic rings. The van der Waals surface area contributed by atoms with Crippen LogP contribution in [0.2, 0.25) is 5.02 Å². The molecule has 146 valence electrons. The van der Waals surface area contributed by atoms with Crippen LogP contribution >= 0.6 is 39.3 Å². The van der Waals surface area contributed by atoms with Gasteiger partial charge in [0, 0.05) is 10.7 Å². The van der Waals surface area contributed by atoms with Gasteiger partial charge < -0.3 is 21.1 Å². The van der Waals surface area contributed by atoms with Gasteiger partial charge in [0.25, 0.3) is 11.8 Å². The quantitative estimate of drug-likeness (QED) is 0.543. The molecule has 3 rings (SSSR count). The van der Waals surface area contributed by atoms with E-state index in [-0.39, 0.29) is 18.0 Å². The molecule has 9 heteroatoms. The Morgan fingerprint density at radius 2 is 2.18 bits per heavy atom. The van der Waals surface area contributed by atoms with E-state index in [0.717, 1.165) is 16.8 Å². The van der Waals surface area contributed by atoms with Gasteiger partial charge in [0.2, 0.25) is 0 Å². The first-order chi connectivity index (χ1) is 13.3. The number of carbonyl (C=O) groups excluding carboxylic acids is 2. The second-order valence-corrected chi connectivity index (χ2v) is 8.47. The molecule has 0 aliphatic carbocycles. The molecule has 1 unspecified atom stereocenters. The lowest BCUT2D eigenvalue weighted by atomic mass is 10.2. The van der Waals surface area contributed by atoms with Gasteiger partial charge >= 0.3 is 0 Å². The fraction of sp³-hybridized carbons (Fsp3) is 0.158. The van der Waals surface area contributed by atoms with E-state index in [1.54, 1.807) is 30.3 Å². The van der Waals surface area contributed by atoms with Crippen LogP contribution in [0.25, 0.3) is 6.08 Å². The Morgan fingerprint density at radius 3 is 2.86 bits per heavy atom. The van der Waals surface area contributed by atoms with Crippen molar-refractivity contribution in [1.82, 2.24) is 5.32 Å². The molecule has 1 atom stereocenters. The Balaban J connectivity index is 1.70. The average molecular weight is 483 g/mol. The number of nitrogens with two attached hydrogens (primary N) is 1. The van der Waals surface area contributed by atoms with Gasteiger partial charge in [-0.15, -0.1) is 0 Å². The van der Waals surface area contributed by atoms with E-state index < -0.39 is 5.91 Å². The Kier molecular flexibility index (Phi) is 6.53. The number of thioether (sulfide) groups is 1.